The molecule has 0 aliphatic carbocycles. The number of hydrogen-bond donors (Lipinski definition) is 1. The van der Waals surface area contributed by atoms with Gasteiger partial charge >= 0.3 is 0 Å². The smallest absolute Gasteiger partial charge is 0.151 e. The zero-order valence-corrected chi connectivity index (χ0v) is 13.0. The first kappa shape index (κ1) is 16.2. The number of rotatable bonds is 4. The van der Waals surface area contributed by atoms with E-state index in [2.05, 4.69) is 5.32 Å². The standard InChI is InChI=1S/C17H16ClF2NO2/c18-14-5-4-13(20)9-15(14)23-17(16-10-21-6-7-22-16)11-2-1-3-12(19)8-11/h1-5,8-9,16-17,21H,6-7,10H2/t16-,17?/m0/s1. The quantitative estimate of drug-likeness (QED) is 0.920. The predicted octanol–water partition coefficient (Wildman–Crippen LogP) is 3.73. The van der Waals surface area contributed by atoms with E-state index in [0.29, 0.717) is 18.7 Å². The van der Waals surface area contributed by atoms with E-state index < -0.39 is 11.9 Å². The van der Waals surface area contributed by atoms with E-state index in [9.17, 15) is 8.78 Å². The van der Waals surface area contributed by atoms with Gasteiger partial charge in [0.1, 0.15) is 23.5 Å². The molecule has 0 aromatic heterocycles. The molecule has 3 nitrogen and oxygen atoms in total. The highest BCUT2D eigenvalue weighted by molar-refractivity contribution is 6.32. The molecule has 0 radical (unpaired) electrons. The molecule has 1 saturated heterocycles. The van der Waals surface area contributed by atoms with Crippen LogP contribution in [-0.2, 0) is 4.74 Å². The first-order chi connectivity index (χ1) is 11.1. The minimum absolute atomic E-state index is 0.204. The van der Waals surface area contributed by atoms with E-state index in [1.165, 1.54) is 30.3 Å². The lowest BCUT2D eigenvalue weighted by molar-refractivity contribution is -0.0433. The van der Waals surface area contributed by atoms with Gasteiger partial charge in [-0.05, 0) is 29.8 Å². The maximum absolute atomic E-state index is 13.6. The lowest BCUT2D eigenvalue weighted by Crippen LogP contribution is -2.43. The zero-order valence-electron chi connectivity index (χ0n) is 12.3. The van der Waals surface area contributed by atoms with Crippen molar-refractivity contribution in [1.82, 2.24) is 5.32 Å². The summed E-state index contributed by atoms with van der Waals surface area (Å²) >= 11 is 6.08. The van der Waals surface area contributed by atoms with Gasteiger partial charge < -0.3 is 14.8 Å². The summed E-state index contributed by atoms with van der Waals surface area (Å²) in [5.74, 6) is -0.620. The predicted molar refractivity (Wildman–Crippen MR) is 83.8 cm³/mol. The highest BCUT2D eigenvalue weighted by atomic mass is 35.5. The average molecular weight is 340 g/mol. The summed E-state index contributed by atoms with van der Waals surface area (Å²) in [6.45, 7) is 1.82. The van der Waals surface area contributed by atoms with Crippen LogP contribution >= 0.6 is 11.6 Å². The summed E-state index contributed by atoms with van der Waals surface area (Å²) in [6.07, 6.45) is -0.928. The highest BCUT2D eigenvalue weighted by Crippen LogP contribution is 2.32. The summed E-state index contributed by atoms with van der Waals surface area (Å²) in [4.78, 5) is 0. The largest absolute Gasteiger partial charge is 0.481 e. The summed E-state index contributed by atoms with van der Waals surface area (Å²) in [5, 5.41) is 3.49. The van der Waals surface area contributed by atoms with E-state index in [0.717, 1.165) is 6.54 Å². The molecule has 122 valence electrons. The Balaban J connectivity index is 1.92. The molecule has 1 aliphatic heterocycles. The second-order valence-corrected chi connectivity index (χ2v) is 5.69. The monoisotopic (exact) mass is 339 g/mol. The first-order valence-corrected chi connectivity index (χ1v) is 7.71. The number of hydrogen-bond acceptors (Lipinski definition) is 3. The molecule has 0 bridgehead atoms. The van der Waals surface area contributed by atoms with Crippen molar-refractivity contribution in [2.75, 3.05) is 19.7 Å². The Bertz CT molecular complexity index is 677. The zero-order chi connectivity index (χ0) is 16.2. The van der Waals surface area contributed by atoms with Crippen molar-refractivity contribution >= 4 is 11.6 Å². The fourth-order valence-corrected chi connectivity index (χ4v) is 2.69. The van der Waals surface area contributed by atoms with Gasteiger partial charge in [-0.2, -0.15) is 0 Å². The van der Waals surface area contributed by atoms with E-state index in [4.69, 9.17) is 21.1 Å². The molecule has 1 N–H and O–H groups in total. The summed E-state index contributed by atoms with van der Waals surface area (Å²) in [5.41, 5.74) is 0.610. The van der Waals surface area contributed by atoms with Gasteiger partial charge in [0, 0.05) is 19.2 Å². The van der Waals surface area contributed by atoms with Gasteiger partial charge in [-0.1, -0.05) is 23.7 Å². The third kappa shape index (κ3) is 3.99. The van der Waals surface area contributed by atoms with Crippen LogP contribution in [0.4, 0.5) is 8.78 Å². The second kappa shape index (κ2) is 7.25. The fourth-order valence-electron chi connectivity index (χ4n) is 2.53. The van der Waals surface area contributed by atoms with Gasteiger partial charge in [0.2, 0.25) is 0 Å². The lowest BCUT2D eigenvalue weighted by atomic mass is 10.0. The molecular formula is C17H16ClF2NO2. The van der Waals surface area contributed by atoms with Crippen molar-refractivity contribution < 1.29 is 18.3 Å². The Morgan fingerprint density at radius 1 is 1.17 bits per heavy atom. The Labute approximate surface area is 138 Å². The molecule has 1 heterocycles. The van der Waals surface area contributed by atoms with Gasteiger partial charge in [-0.3, -0.25) is 0 Å². The maximum Gasteiger partial charge on any atom is 0.151 e. The van der Waals surface area contributed by atoms with Gasteiger partial charge in [0.05, 0.1) is 11.6 Å². The molecule has 0 spiro atoms. The van der Waals surface area contributed by atoms with Gasteiger partial charge in [0.25, 0.3) is 0 Å². The van der Waals surface area contributed by atoms with E-state index in [-0.39, 0.29) is 22.7 Å². The third-order valence-corrected chi connectivity index (χ3v) is 3.93. The molecule has 23 heavy (non-hydrogen) atoms. The van der Waals surface area contributed by atoms with Crippen molar-refractivity contribution in [2.45, 2.75) is 12.2 Å². The van der Waals surface area contributed by atoms with Crippen LogP contribution in [-0.4, -0.2) is 25.8 Å². The number of nitrogens with one attached hydrogen (secondary N) is 1. The summed E-state index contributed by atoms with van der Waals surface area (Å²) < 4.78 is 38.7. The van der Waals surface area contributed by atoms with Crippen LogP contribution in [0.3, 0.4) is 0 Å². The number of morpholine rings is 1. The second-order valence-electron chi connectivity index (χ2n) is 5.28. The molecule has 2 aromatic carbocycles. The fraction of sp³-hybridized carbons (Fsp3) is 0.294. The van der Waals surface area contributed by atoms with Crippen LogP contribution in [0.5, 0.6) is 5.75 Å². The van der Waals surface area contributed by atoms with Crippen LogP contribution in [0.25, 0.3) is 0 Å². The third-order valence-electron chi connectivity index (χ3n) is 3.62. The molecule has 1 unspecified atom stereocenters. The van der Waals surface area contributed by atoms with Gasteiger partial charge in [-0.25, -0.2) is 8.78 Å². The summed E-state index contributed by atoms with van der Waals surface area (Å²) in [6, 6.07) is 9.99. The van der Waals surface area contributed by atoms with Crippen molar-refractivity contribution in [3.8, 4) is 5.75 Å². The molecule has 0 amide bonds. The van der Waals surface area contributed by atoms with E-state index in [1.807, 2.05) is 0 Å². The Kier molecular flexibility index (Phi) is 5.10. The van der Waals surface area contributed by atoms with Crippen LogP contribution in [0.15, 0.2) is 42.5 Å². The molecule has 2 aromatic rings. The van der Waals surface area contributed by atoms with Crippen LogP contribution in [0.2, 0.25) is 5.02 Å². The minimum Gasteiger partial charge on any atom is -0.481 e. The normalized spacial score (nSPS) is 19.3. The Hall–Kier alpha value is -1.69. The van der Waals surface area contributed by atoms with Crippen LogP contribution in [0.1, 0.15) is 11.7 Å². The molecule has 0 saturated carbocycles. The van der Waals surface area contributed by atoms with Crippen LogP contribution in [0, 0.1) is 11.6 Å². The molecule has 1 fully saturated rings. The Morgan fingerprint density at radius 3 is 2.74 bits per heavy atom. The minimum atomic E-state index is -0.599. The maximum atomic E-state index is 13.6. The van der Waals surface area contributed by atoms with E-state index >= 15 is 0 Å². The molecule has 3 rings (SSSR count). The highest BCUT2D eigenvalue weighted by Gasteiger charge is 2.29. The molecule has 1 aliphatic rings. The summed E-state index contributed by atoms with van der Waals surface area (Å²) in [7, 11) is 0. The lowest BCUT2D eigenvalue weighted by Gasteiger charge is -2.31. The number of ether oxygens (including phenoxy) is 2. The van der Waals surface area contributed by atoms with Crippen molar-refractivity contribution in [2.24, 2.45) is 0 Å². The topological polar surface area (TPSA) is 30.5 Å². The van der Waals surface area contributed by atoms with Gasteiger partial charge in [0.15, 0.2) is 6.10 Å². The van der Waals surface area contributed by atoms with E-state index in [1.54, 1.807) is 12.1 Å². The molecule has 6 heteroatoms. The van der Waals surface area contributed by atoms with Crippen LogP contribution < -0.4 is 10.1 Å². The van der Waals surface area contributed by atoms with Gasteiger partial charge in [-0.15, -0.1) is 0 Å². The van der Waals surface area contributed by atoms with Crippen molar-refractivity contribution in [3.05, 3.63) is 64.7 Å². The average Bonchev–Trinajstić information content (AvgIpc) is 2.56. The number of benzene rings is 2. The molecule has 2 atom stereocenters. The number of halogens is 3. The first-order valence-electron chi connectivity index (χ1n) is 7.33. The SMILES string of the molecule is Fc1cccc(C(Oc2cc(F)ccc2Cl)[C@@H]2CNCCO2)c1. The Morgan fingerprint density at radius 2 is 2.00 bits per heavy atom. The molecular weight excluding hydrogens is 324 g/mol. The van der Waals surface area contributed by atoms with Crippen molar-refractivity contribution in [3.63, 3.8) is 0 Å². The van der Waals surface area contributed by atoms with Crippen molar-refractivity contribution in [1.29, 1.82) is 0 Å².